The van der Waals surface area contributed by atoms with Crippen molar-refractivity contribution in [3.05, 3.63) is 28.5 Å². The molecule has 1 fully saturated rings. The fourth-order valence-corrected chi connectivity index (χ4v) is 4.53. The summed E-state index contributed by atoms with van der Waals surface area (Å²) in [7, 11) is 1.55. The quantitative estimate of drug-likeness (QED) is 0.345. The normalized spacial score (nSPS) is 19.2. The second kappa shape index (κ2) is 9.33. The van der Waals surface area contributed by atoms with E-state index in [1.165, 1.54) is 6.42 Å². The van der Waals surface area contributed by atoms with Gasteiger partial charge in [0, 0.05) is 45.7 Å². The molecule has 5 nitrogen and oxygen atoms in total. The lowest BCUT2D eigenvalue weighted by molar-refractivity contribution is -0.106. The third-order valence-corrected chi connectivity index (χ3v) is 10.7. The third kappa shape index (κ3) is 5.75. The van der Waals surface area contributed by atoms with Gasteiger partial charge in [-0.05, 0) is 48.6 Å². The van der Waals surface area contributed by atoms with Crippen LogP contribution in [0.1, 0.15) is 44.6 Å². The number of halogens is 1. The smallest absolute Gasteiger partial charge is 0.191 e. The zero-order valence-electron chi connectivity index (χ0n) is 17.8. The van der Waals surface area contributed by atoms with Crippen LogP contribution in [-0.2, 0) is 20.4 Å². The number of hydrogen-bond acceptors (Lipinski definition) is 5. The first-order valence-electron chi connectivity index (χ1n) is 9.64. The van der Waals surface area contributed by atoms with Crippen LogP contribution in [-0.4, -0.2) is 52.1 Å². The molecule has 1 aliphatic rings. The van der Waals surface area contributed by atoms with Crippen molar-refractivity contribution >= 4 is 19.9 Å². The van der Waals surface area contributed by atoms with Crippen LogP contribution >= 0.6 is 11.6 Å². The highest BCUT2D eigenvalue weighted by Gasteiger charge is 2.38. The van der Waals surface area contributed by atoms with Gasteiger partial charge in [-0.3, -0.25) is 4.90 Å². The number of hydrogen-bond donors (Lipinski definition) is 0. The number of nitrogens with zero attached hydrogens (tertiary/aromatic N) is 2. The van der Waals surface area contributed by atoms with Crippen LogP contribution in [0.4, 0.5) is 0 Å². The van der Waals surface area contributed by atoms with Crippen molar-refractivity contribution in [3.63, 3.8) is 0 Å². The first-order chi connectivity index (χ1) is 12.6. The van der Waals surface area contributed by atoms with Crippen molar-refractivity contribution in [2.45, 2.75) is 58.2 Å². The van der Waals surface area contributed by atoms with Gasteiger partial charge in [0.15, 0.2) is 14.6 Å². The molecule has 154 valence electrons. The van der Waals surface area contributed by atoms with Crippen molar-refractivity contribution < 1.29 is 13.9 Å². The van der Waals surface area contributed by atoms with Crippen LogP contribution in [0, 0.1) is 5.92 Å². The SMILES string of the molecule is COC(OC)c1c(CN2CC[C@H](CO[Si](C)(C)C(C)(C)C)C2)ccnc1Cl. The van der Waals surface area contributed by atoms with Gasteiger partial charge in [-0.15, -0.1) is 0 Å². The molecule has 1 saturated heterocycles. The van der Waals surface area contributed by atoms with Gasteiger partial charge in [-0.1, -0.05) is 32.4 Å². The summed E-state index contributed by atoms with van der Waals surface area (Å²) in [5.74, 6) is 0.584. The molecule has 0 radical (unpaired) electrons. The zero-order chi connectivity index (χ0) is 20.2. The summed E-state index contributed by atoms with van der Waals surface area (Å²) in [5, 5.41) is 0.696. The van der Waals surface area contributed by atoms with Crippen LogP contribution < -0.4 is 0 Å². The summed E-state index contributed by atoms with van der Waals surface area (Å²) < 4.78 is 17.3. The van der Waals surface area contributed by atoms with E-state index in [0.29, 0.717) is 11.1 Å². The highest BCUT2D eigenvalue weighted by Crippen LogP contribution is 2.37. The summed E-state index contributed by atoms with van der Waals surface area (Å²) in [6.07, 6.45) is 2.42. The fourth-order valence-electron chi connectivity index (χ4n) is 3.18. The molecule has 2 rings (SSSR count). The van der Waals surface area contributed by atoms with Crippen molar-refractivity contribution in [2.75, 3.05) is 33.9 Å². The minimum atomic E-state index is -1.69. The Morgan fingerprint density at radius 1 is 1.30 bits per heavy atom. The van der Waals surface area contributed by atoms with E-state index >= 15 is 0 Å². The van der Waals surface area contributed by atoms with E-state index in [1.54, 1.807) is 20.4 Å². The summed E-state index contributed by atoms with van der Waals surface area (Å²) in [6, 6.07) is 2.01. The van der Waals surface area contributed by atoms with Gasteiger partial charge in [0.2, 0.25) is 0 Å². The maximum Gasteiger partial charge on any atom is 0.191 e. The molecule has 2 heterocycles. The molecule has 1 aromatic heterocycles. The molecule has 0 N–H and O–H groups in total. The fraction of sp³-hybridized carbons (Fsp3) is 0.750. The average molecular weight is 415 g/mol. The third-order valence-electron chi connectivity index (χ3n) is 5.95. The van der Waals surface area contributed by atoms with Crippen molar-refractivity contribution in [3.8, 4) is 0 Å². The molecule has 7 heteroatoms. The second-order valence-electron chi connectivity index (χ2n) is 8.94. The lowest BCUT2D eigenvalue weighted by Gasteiger charge is -2.37. The minimum absolute atomic E-state index is 0.253. The van der Waals surface area contributed by atoms with E-state index in [2.05, 4.69) is 43.7 Å². The van der Waals surface area contributed by atoms with Crippen LogP contribution in [0.5, 0.6) is 0 Å². The molecular weight excluding hydrogens is 380 g/mol. The number of likely N-dealkylation sites (tertiary alicyclic amines) is 1. The zero-order valence-corrected chi connectivity index (χ0v) is 19.6. The highest BCUT2D eigenvalue weighted by atomic mass is 35.5. The van der Waals surface area contributed by atoms with Gasteiger partial charge in [0.1, 0.15) is 5.15 Å². The Bertz CT molecular complexity index is 618. The van der Waals surface area contributed by atoms with Crippen molar-refractivity contribution in [2.24, 2.45) is 5.92 Å². The number of ether oxygens (including phenoxy) is 2. The molecule has 0 unspecified atom stereocenters. The summed E-state index contributed by atoms with van der Waals surface area (Å²) in [4.78, 5) is 6.65. The average Bonchev–Trinajstić information content (AvgIpc) is 3.03. The largest absolute Gasteiger partial charge is 0.416 e. The number of rotatable bonds is 8. The first-order valence-corrected chi connectivity index (χ1v) is 12.9. The Balaban J connectivity index is 1.98. The van der Waals surface area contributed by atoms with E-state index in [4.69, 9.17) is 25.5 Å². The predicted molar refractivity (Wildman–Crippen MR) is 113 cm³/mol. The van der Waals surface area contributed by atoms with Gasteiger partial charge >= 0.3 is 0 Å². The van der Waals surface area contributed by atoms with Gasteiger partial charge in [-0.2, -0.15) is 0 Å². The second-order valence-corrected chi connectivity index (χ2v) is 14.1. The van der Waals surface area contributed by atoms with Gasteiger partial charge in [0.25, 0.3) is 0 Å². The van der Waals surface area contributed by atoms with Gasteiger partial charge < -0.3 is 13.9 Å². The summed E-state index contributed by atoms with van der Waals surface area (Å²) >= 11 is 6.33. The van der Waals surface area contributed by atoms with Crippen LogP contribution in [0.2, 0.25) is 23.3 Å². The Kier molecular flexibility index (Phi) is 7.87. The lowest BCUT2D eigenvalue weighted by atomic mass is 10.1. The van der Waals surface area contributed by atoms with Crippen LogP contribution in [0.3, 0.4) is 0 Å². The van der Waals surface area contributed by atoms with Crippen LogP contribution in [0.25, 0.3) is 0 Å². The van der Waals surface area contributed by atoms with Crippen molar-refractivity contribution in [1.82, 2.24) is 9.88 Å². The molecule has 0 bridgehead atoms. The molecule has 0 amide bonds. The number of aromatic nitrogens is 1. The number of methoxy groups -OCH3 is 2. The molecule has 0 aliphatic carbocycles. The van der Waals surface area contributed by atoms with E-state index in [1.807, 2.05) is 6.07 Å². The van der Waals surface area contributed by atoms with Crippen LogP contribution in [0.15, 0.2) is 12.3 Å². The summed E-state index contributed by atoms with van der Waals surface area (Å²) in [6.45, 7) is 15.3. The van der Waals surface area contributed by atoms with Gasteiger partial charge in [0.05, 0.1) is 0 Å². The van der Waals surface area contributed by atoms with E-state index in [9.17, 15) is 0 Å². The van der Waals surface area contributed by atoms with Crippen molar-refractivity contribution in [1.29, 1.82) is 0 Å². The molecule has 1 atom stereocenters. The molecule has 0 saturated carbocycles. The standard InChI is InChI=1S/C20H35ClN2O3Si/c1-20(2,3)27(6,7)26-14-15-9-11-23(12-15)13-16-8-10-22-18(21)17(16)19(24-4)25-5/h8,10,15,19H,9,11-14H2,1-7H3/t15-/m0/s1. The molecule has 1 aliphatic heterocycles. The first kappa shape index (κ1) is 22.8. The Morgan fingerprint density at radius 2 is 1.96 bits per heavy atom. The van der Waals surface area contributed by atoms with E-state index in [-0.39, 0.29) is 5.04 Å². The van der Waals surface area contributed by atoms with E-state index in [0.717, 1.165) is 37.4 Å². The topological polar surface area (TPSA) is 43.8 Å². The maximum absolute atomic E-state index is 6.43. The minimum Gasteiger partial charge on any atom is -0.416 e. The Hall–Kier alpha value is -0.503. The molecule has 27 heavy (non-hydrogen) atoms. The Morgan fingerprint density at radius 3 is 2.56 bits per heavy atom. The molecule has 0 aromatic carbocycles. The predicted octanol–water partition coefficient (Wildman–Crippen LogP) is 4.87. The molecular formula is C20H35ClN2O3Si. The summed E-state index contributed by atoms with van der Waals surface area (Å²) in [5.41, 5.74) is 1.93. The van der Waals surface area contributed by atoms with Gasteiger partial charge in [-0.25, -0.2) is 4.98 Å². The monoisotopic (exact) mass is 414 g/mol. The Labute approximate surface area is 170 Å². The lowest BCUT2D eigenvalue weighted by Crippen LogP contribution is -2.42. The molecule has 1 aromatic rings. The highest BCUT2D eigenvalue weighted by molar-refractivity contribution is 6.74. The molecule has 0 spiro atoms. The maximum atomic E-state index is 6.43. The van der Waals surface area contributed by atoms with E-state index < -0.39 is 14.6 Å². The number of pyridine rings is 1.